The van der Waals surface area contributed by atoms with E-state index in [0.717, 1.165) is 43.8 Å². The number of aromatic nitrogens is 1. The van der Waals surface area contributed by atoms with Crippen molar-refractivity contribution in [1.82, 2.24) is 15.2 Å². The number of nitrogens with zero attached hydrogens (tertiary/aromatic N) is 3. The van der Waals surface area contributed by atoms with E-state index in [2.05, 4.69) is 25.5 Å². The molecule has 2 N–H and O–H groups in total. The van der Waals surface area contributed by atoms with Crippen LogP contribution in [0.3, 0.4) is 0 Å². The summed E-state index contributed by atoms with van der Waals surface area (Å²) in [5.41, 5.74) is -1.28. The molecular weight excluding hydrogens is 527 g/mol. The number of amidine groups is 1. The van der Waals surface area contributed by atoms with E-state index in [1.54, 1.807) is 6.08 Å². The maximum atomic E-state index is 13.8. The van der Waals surface area contributed by atoms with Gasteiger partial charge in [-0.15, -0.1) is 0 Å². The molecule has 2 fully saturated rings. The van der Waals surface area contributed by atoms with Crippen molar-refractivity contribution in [2.75, 3.05) is 31.6 Å². The third-order valence-corrected chi connectivity index (χ3v) is 7.46. The van der Waals surface area contributed by atoms with E-state index in [0.29, 0.717) is 16.6 Å². The van der Waals surface area contributed by atoms with Gasteiger partial charge in [0.25, 0.3) is 5.91 Å². The molecule has 198 valence electrons. The van der Waals surface area contributed by atoms with Gasteiger partial charge in [0.1, 0.15) is 12.4 Å². The van der Waals surface area contributed by atoms with Gasteiger partial charge in [0.05, 0.1) is 21.0 Å². The summed E-state index contributed by atoms with van der Waals surface area (Å²) < 4.78 is 46.9. The highest BCUT2D eigenvalue weighted by atomic mass is 32.2. The van der Waals surface area contributed by atoms with Crippen LogP contribution in [0.4, 0.5) is 24.0 Å². The minimum Gasteiger partial charge on any atom is -0.492 e. The third-order valence-electron chi connectivity index (χ3n) is 5.69. The first-order chi connectivity index (χ1) is 17.7. The highest BCUT2D eigenvalue weighted by molar-refractivity contribution is 8.18. The van der Waals surface area contributed by atoms with Crippen molar-refractivity contribution >= 4 is 57.0 Å². The first kappa shape index (κ1) is 27.1. The zero-order chi connectivity index (χ0) is 26.6. The fraction of sp³-hybridized carbons (Fsp3) is 0.417. The van der Waals surface area contributed by atoms with Crippen LogP contribution in [0.5, 0.6) is 5.75 Å². The monoisotopic (exact) mass is 553 g/mol. The third kappa shape index (κ3) is 7.33. The number of nitrogens with one attached hydrogen (secondary N) is 2. The second-order valence-electron chi connectivity index (χ2n) is 8.37. The number of rotatable bonds is 10. The van der Waals surface area contributed by atoms with Crippen LogP contribution in [-0.2, 0) is 15.8 Å². The summed E-state index contributed by atoms with van der Waals surface area (Å²) in [5, 5.41) is 5.70. The molecule has 2 amide bonds. The quantitative estimate of drug-likeness (QED) is 0.397. The summed E-state index contributed by atoms with van der Waals surface area (Å²) >= 11 is 2.13. The van der Waals surface area contributed by atoms with Crippen LogP contribution in [0.2, 0.25) is 0 Å². The molecule has 1 aromatic carbocycles. The maximum absolute atomic E-state index is 13.8. The molecule has 4 rings (SSSR count). The SMILES string of the molecule is CCN(CC)CCOc1ccc(N=C2NC(=O)/C(=C/c3cnc(NC(=O)C4CC4)s3)S2)c(C(F)(F)F)c1. The predicted octanol–water partition coefficient (Wildman–Crippen LogP) is 5.12. The first-order valence-corrected chi connectivity index (χ1v) is 13.4. The highest BCUT2D eigenvalue weighted by Gasteiger charge is 2.35. The molecule has 1 saturated heterocycles. The molecule has 1 aliphatic heterocycles. The molecule has 0 bridgehead atoms. The van der Waals surface area contributed by atoms with E-state index in [-0.39, 0.29) is 39.9 Å². The fourth-order valence-electron chi connectivity index (χ4n) is 3.45. The molecule has 37 heavy (non-hydrogen) atoms. The van der Waals surface area contributed by atoms with Gasteiger partial charge >= 0.3 is 6.18 Å². The van der Waals surface area contributed by atoms with Crippen molar-refractivity contribution in [3.8, 4) is 5.75 Å². The van der Waals surface area contributed by atoms with Crippen molar-refractivity contribution < 1.29 is 27.5 Å². The number of thiazole rings is 1. The lowest BCUT2D eigenvalue weighted by Crippen LogP contribution is -2.27. The van der Waals surface area contributed by atoms with E-state index < -0.39 is 17.6 Å². The van der Waals surface area contributed by atoms with Gasteiger partial charge in [-0.05, 0) is 62.0 Å². The summed E-state index contributed by atoms with van der Waals surface area (Å²) in [6.45, 7) is 6.52. The minimum absolute atomic E-state index is 0.0312. The molecule has 1 aromatic heterocycles. The van der Waals surface area contributed by atoms with Gasteiger partial charge < -0.3 is 20.3 Å². The lowest BCUT2D eigenvalue weighted by Gasteiger charge is -2.18. The Morgan fingerprint density at radius 3 is 2.76 bits per heavy atom. The molecular formula is C24H26F3N5O3S2. The number of likely N-dealkylation sites (N-methyl/N-ethyl adjacent to an activating group) is 1. The Labute approximate surface area is 220 Å². The Morgan fingerprint density at radius 1 is 1.32 bits per heavy atom. The van der Waals surface area contributed by atoms with Crippen LogP contribution in [0.25, 0.3) is 6.08 Å². The number of halogens is 3. The molecule has 1 saturated carbocycles. The summed E-state index contributed by atoms with van der Waals surface area (Å²) in [7, 11) is 0. The van der Waals surface area contributed by atoms with Gasteiger partial charge in [-0.25, -0.2) is 9.98 Å². The molecule has 2 heterocycles. The summed E-state index contributed by atoms with van der Waals surface area (Å²) in [6, 6.07) is 3.59. The molecule has 0 unspecified atom stereocenters. The molecule has 13 heteroatoms. The van der Waals surface area contributed by atoms with Crippen molar-refractivity contribution in [2.45, 2.75) is 32.9 Å². The molecule has 0 spiro atoms. The van der Waals surface area contributed by atoms with Gasteiger partial charge in [0.2, 0.25) is 5.91 Å². The molecule has 1 aliphatic carbocycles. The topological polar surface area (TPSA) is 95.9 Å². The fourth-order valence-corrected chi connectivity index (χ4v) is 5.11. The number of thioether (sulfide) groups is 1. The van der Waals surface area contributed by atoms with Crippen LogP contribution in [0.15, 0.2) is 34.3 Å². The van der Waals surface area contributed by atoms with E-state index >= 15 is 0 Å². The summed E-state index contributed by atoms with van der Waals surface area (Å²) in [5.74, 6) is -0.417. The lowest BCUT2D eigenvalue weighted by molar-refractivity contribution is -0.137. The van der Waals surface area contributed by atoms with Gasteiger partial charge in [-0.3, -0.25) is 9.59 Å². The molecule has 0 atom stereocenters. The van der Waals surface area contributed by atoms with E-state index in [4.69, 9.17) is 4.74 Å². The number of hydrogen-bond acceptors (Lipinski definition) is 8. The first-order valence-electron chi connectivity index (χ1n) is 11.8. The largest absolute Gasteiger partial charge is 0.492 e. The Morgan fingerprint density at radius 2 is 2.08 bits per heavy atom. The van der Waals surface area contributed by atoms with Crippen LogP contribution >= 0.6 is 23.1 Å². The number of aliphatic imine (C=N–C) groups is 1. The summed E-state index contributed by atoms with van der Waals surface area (Å²) in [4.78, 5) is 35.5. The second-order valence-corrected chi connectivity index (χ2v) is 10.5. The number of amides is 2. The average molecular weight is 554 g/mol. The van der Waals surface area contributed by atoms with E-state index in [1.165, 1.54) is 29.7 Å². The number of carbonyl (C=O) groups is 2. The molecule has 2 aliphatic rings. The van der Waals surface area contributed by atoms with Gasteiger partial charge in [-0.2, -0.15) is 13.2 Å². The lowest BCUT2D eigenvalue weighted by atomic mass is 10.1. The van der Waals surface area contributed by atoms with Crippen LogP contribution < -0.4 is 15.4 Å². The Kier molecular flexibility index (Phi) is 8.55. The van der Waals surface area contributed by atoms with Crippen molar-refractivity contribution in [3.63, 3.8) is 0 Å². The number of alkyl halides is 3. The molecule has 0 radical (unpaired) electrons. The van der Waals surface area contributed by atoms with Crippen LogP contribution in [0, 0.1) is 5.92 Å². The highest BCUT2D eigenvalue weighted by Crippen LogP contribution is 2.40. The van der Waals surface area contributed by atoms with Crippen molar-refractivity contribution in [2.24, 2.45) is 10.9 Å². The number of benzene rings is 1. The predicted molar refractivity (Wildman–Crippen MR) is 139 cm³/mol. The van der Waals surface area contributed by atoms with Crippen LogP contribution in [-0.4, -0.2) is 53.1 Å². The zero-order valence-corrected chi connectivity index (χ0v) is 21.9. The second kappa shape index (κ2) is 11.7. The van der Waals surface area contributed by atoms with Crippen LogP contribution in [0.1, 0.15) is 37.1 Å². The molecule has 8 nitrogen and oxygen atoms in total. The standard InChI is InChI=1S/C24H26F3N5O3S2/c1-3-32(4-2)9-10-35-15-7-8-18(17(11-15)24(25,26)27)29-23-31-21(34)19(37-23)12-16-13-28-22(36-16)30-20(33)14-5-6-14/h7-8,11-14H,3-6,9-10H2,1-2H3,(H,28,30,33)(H,29,31,34)/b19-12-. The van der Waals surface area contributed by atoms with E-state index in [9.17, 15) is 22.8 Å². The summed E-state index contributed by atoms with van der Waals surface area (Å²) in [6.07, 6.45) is 0.160. The zero-order valence-electron chi connectivity index (χ0n) is 20.2. The average Bonchev–Trinajstić information content (AvgIpc) is 3.53. The van der Waals surface area contributed by atoms with Crippen molar-refractivity contribution in [1.29, 1.82) is 0 Å². The minimum atomic E-state index is -4.66. The van der Waals surface area contributed by atoms with E-state index in [1.807, 2.05) is 13.8 Å². The Bertz CT molecular complexity index is 1220. The van der Waals surface area contributed by atoms with Gasteiger partial charge in [0, 0.05) is 18.7 Å². The smallest absolute Gasteiger partial charge is 0.418 e. The van der Waals surface area contributed by atoms with Crippen molar-refractivity contribution in [3.05, 3.63) is 39.7 Å². The number of ether oxygens (including phenoxy) is 1. The Hall–Kier alpha value is -2.90. The number of anilines is 1. The number of hydrogen-bond donors (Lipinski definition) is 2. The number of carbonyl (C=O) groups excluding carboxylic acids is 2. The Balaban J connectivity index is 1.46. The normalized spacial score (nSPS) is 18.1. The van der Waals surface area contributed by atoms with Gasteiger partial charge in [0.15, 0.2) is 10.3 Å². The molecule has 2 aromatic rings. The van der Waals surface area contributed by atoms with Gasteiger partial charge in [-0.1, -0.05) is 25.2 Å². The maximum Gasteiger partial charge on any atom is 0.418 e.